The Morgan fingerprint density at radius 3 is 2.18 bits per heavy atom. The summed E-state index contributed by atoms with van der Waals surface area (Å²) in [5, 5.41) is 3.68. The molecule has 4 aliphatic rings. The normalized spacial score (nSPS) is 38.8. The molecule has 4 aliphatic heterocycles. The second-order valence-electron chi connectivity index (χ2n) is 5.67. The van der Waals surface area contributed by atoms with Gasteiger partial charge in [-0.15, -0.1) is 0 Å². The van der Waals surface area contributed by atoms with Crippen LogP contribution in [-0.2, 0) is 0 Å². The molecular weight excluding hydrogens is 215 g/mol. The minimum Gasteiger partial charge on any atom is -0.363 e. The van der Waals surface area contributed by atoms with Crippen LogP contribution < -0.4 is 10.2 Å². The minimum atomic E-state index is -0.0621. The van der Waals surface area contributed by atoms with E-state index in [9.17, 15) is 4.39 Å². The Morgan fingerprint density at radius 1 is 1.00 bits per heavy atom. The van der Waals surface area contributed by atoms with E-state index in [0.717, 1.165) is 5.69 Å². The molecule has 0 aliphatic carbocycles. The third-order valence-electron chi connectivity index (χ3n) is 4.62. The van der Waals surface area contributed by atoms with Crippen LogP contribution >= 0.6 is 0 Å². The molecule has 1 aromatic carbocycles. The van der Waals surface area contributed by atoms with E-state index >= 15 is 0 Å². The van der Waals surface area contributed by atoms with E-state index in [1.54, 1.807) is 12.1 Å². The monoisotopic (exact) mass is 232 g/mol. The number of halogens is 1. The zero-order chi connectivity index (χ0) is 11.4. The van der Waals surface area contributed by atoms with Crippen LogP contribution in [0, 0.1) is 5.82 Å². The average molecular weight is 232 g/mol. The summed E-state index contributed by atoms with van der Waals surface area (Å²) in [6.45, 7) is 0. The third kappa shape index (κ3) is 1.41. The number of hydrogen-bond donors (Lipinski definition) is 1. The van der Waals surface area contributed by atoms with Gasteiger partial charge in [0.05, 0.1) is 5.69 Å². The lowest BCUT2D eigenvalue weighted by atomic mass is 9.74. The van der Waals surface area contributed by atoms with Crippen LogP contribution in [0.15, 0.2) is 24.3 Å². The lowest BCUT2D eigenvalue weighted by Gasteiger charge is -2.57. The number of benzene rings is 1. The molecule has 0 aromatic heterocycles. The molecule has 0 amide bonds. The summed E-state index contributed by atoms with van der Waals surface area (Å²) in [4.78, 5) is 2.36. The molecule has 0 unspecified atom stereocenters. The standard InChI is InChI=1S/C14H17FN2/c15-13-3-1-2-4-14(13)17-11-5-9-6-12(17)8-10(7-11)16-9/h1-4,9-12,16H,5-8H2. The van der Waals surface area contributed by atoms with Gasteiger partial charge >= 0.3 is 0 Å². The number of anilines is 1. The SMILES string of the molecule is Fc1ccccc1N1C2CC3CC1CC(C2)N3. The van der Waals surface area contributed by atoms with E-state index in [-0.39, 0.29) is 5.82 Å². The Morgan fingerprint density at radius 2 is 1.59 bits per heavy atom. The highest BCUT2D eigenvalue weighted by atomic mass is 19.1. The third-order valence-corrected chi connectivity index (χ3v) is 4.62. The van der Waals surface area contributed by atoms with Crippen molar-refractivity contribution in [2.24, 2.45) is 0 Å². The van der Waals surface area contributed by atoms with Gasteiger partial charge in [0.15, 0.2) is 0 Å². The molecule has 3 heteroatoms. The minimum absolute atomic E-state index is 0.0621. The summed E-state index contributed by atoms with van der Waals surface area (Å²) in [6.07, 6.45) is 4.73. The fourth-order valence-corrected chi connectivity index (χ4v) is 4.11. The largest absolute Gasteiger partial charge is 0.363 e. The predicted molar refractivity (Wildman–Crippen MR) is 65.6 cm³/mol. The molecule has 0 atom stereocenters. The predicted octanol–water partition coefficient (Wildman–Crippen LogP) is 2.30. The molecular formula is C14H17FN2. The fraction of sp³-hybridized carbons (Fsp3) is 0.571. The van der Waals surface area contributed by atoms with Crippen LogP contribution in [0.25, 0.3) is 0 Å². The number of piperidine rings is 4. The van der Waals surface area contributed by atoms with Gasteiger partial charge in [-0.1, -0.05) is 12.1 Å². The zero-order valence-corrected chi connectivity index (χ0v) is 9.77. The molecule has 2 nitrogen and oxygen atoms in total. The number of nitrogens with one attached hydrogen (secondary N) is 1. The number of rotatable bonds is 1. The van der Waals surface area contributed by atoms with Gasteiger partial charge in [-0.3, -0.25) is 0 Å². The smallest absolute Gasteiger partial charge is 0.146 e. The Kier molecular flexibility index (Phi) is 2.01. The van der Waals surface area contributed by atoms with Crippen LogP contribution in [-0.4, -0.2) is 24.2 Å². The van der Waals surface area contributed by atoms with Crippen LogP contribution in [0.3, 0.4) is 0 Å². The molecule has 4 bridgehead atoms. The van der Waals surface area contributed by atoms with Gasteiger partial charge in [0, 0.05) is 24.2 Å². The van der Waals surface area contributed by atoms with Crippen molar-refractivity contribution in [3.05, 3.63) is 30.1 Å². The molecule has 4 saturated heterocycles. The van der Waals surface area contributed by atoms with Crippen molar-refractivity contribution in [1.82, 2.24) is 5.32 Å². The number of para-hydroxylation sites is 1. The van der Waals surface area contributed by atoms with E-state index in [0.29, 0.717) is 24.2 Å². The van der Waals surface area contributed by atoms with Crippen molar-refractivity contribution in [1.29, 1.82) is 0 Å². The molecule has 1 aromatic rings. The molecule has 4 heterocycles. The average Bonchev–Trinajstić information content (AvgIpc) is 2.30. The lowest BCUT2D eigenvalue weighted by molar-refractivity contribution is 0.134. The highest BCUT2D eigenvalue weighted by Gasteiger charge is 2.47. The van der Waals surface area contributed by atoms with E-state index in [1.807, 2.05) is 12.1 Å². The van der Waals surface area contributed by atoms with Gasteiger partial charge in [-0.25, -0.2) is 4.39 Å². The molecule has 17 heavy (non-hydrogen) atoms. The first-order chi connectivity index (χ1) is 8.31. The first kappa shape index (κ1) is 9.89. The zero-order valence-electron chi connectivity index (χ0n) is 9.77. The topological polar surface area (TPSA) is 15.3 Å². The van der Waals surface area contributed by atoms with Crippen molar-refractivity contribution in [2.75, 3.05) is 4.90 Å². The van der Waals surface area contributed by atoms with Crippen molar-refractivity contribution in [3.8, 4) is 0 Å². The molecule has 0 radical (unpaired) electrons. The molecule has 0 spiro atoms. The summed E-state index contributed by atoms with van der Waals surface area (Å²) >= 11 is 0. The quantitative estimate of drug-likeness (QED) is 0.799. The van der Waals surface area contributed by atoms with E-state index in [2.05, 4.69) is 10.2 Å². The maximum absolute atomic E-state index is 13.9. The number of nitrogens with zero attached hydrogens (tertiary/aromatic N) is 1. The fourth-order valence-electron chi connectivity index (χ4n) is 4.11. The summed E-state index contributed by atoms with van der Waals surface area (Å²) in [7, 11) is 0. The van der Waals surface area contributed by atoms with Gasteiger partial charge in [0.1, 0.15) is 5.82 Å². The maximum atomic E-state index is 13.9. The second kappa shape index (κ2) is 3.45. The van der Waals surface area contributed by atoms with Crippen LogP contribution in [0.5, 0.6) is 0 Å². The van der Waals surface area contributed by atoms with Crippen molar-refractivity contribution in [3.63, 3.8) is 0 Å². The summed E-state index contributed by atoms with van der Waals surface area (Å²) in [6, 6.07) is 9.70. The van der Waals surface area contributed by atoms with Gasteiger partial charge in [0.2, 0.25) is 0 Å². The number of hydrogen-bond acceptors (Lipinski definition) is 2. The summed E-state index contributed by atoms with van der Waals surface area (Å²) < 4.78 is 13.9. The molecule has 4 fully saturated rings. The molecule has 90 valence electrons. The van der Waals surface area contributed by atoms with Crippen LogP contribution in [0.2, 0.25) is 0 Å². The highest BCUT2D eigenvalue weighted by Crippen LogP contribution is 2.42. The Labute approximate surface area is 101 Å². The van der Waals surface area contributed by atoms with Gasteiger partial charge in [0.25, 0.3) is 0 Å². The summed E-state index contributed by atoms with van der Waals surface area (Å²) in [5.74, 6) is -0.0621. The van der Waals surface area contributed by atoms with Crippen molar-refractivity contribution in [2.45, 2.75) is 49.9 Å². The Balaban J connectivity index is 1.73. The maximum Gasteiger partial charge on any atom is 0.146 e. The first-order valence-corrected chi connectivity index (χ1v) is 6.60. The Bertz CT molecular complexity index is 418. The van der Waals surface area contributed by atoms with E-state index in [1.165, 1.54) is 25.7 Å². The lowest BCUT2D eigenvalue weighted by Crippen LogP contribution is -2.67. The van der Waals surface area contributed by atoms with Crippen molar-refractivity contribution >= 4 is 5.69 Å². The first-order valence-electron chi connectivity index (χ1n) is 6.60. The highest BCUT2D eigenvalue weighted by molar-refractivity contribution is 5.51. The Hall–Kier alpha value is -1.09. The van der Waals surface area contributed by atoms with Crippen molar-refractivity contribution < 1.29 is 4.39 Å². The summed E-state index contributed by atoms with van der Waals surface area (Å²) in [5.41, 5.74) is 0.821. The molecule has 5 rings (SSSR count). The van der Waals surface area contributed by atoms with Gasteiger partial charge in [-0.2, -0.15) is 0 Å². The second-order valence-corrected chi connectivity index (χ2v) is 5.67. The van der Waals surface area contributed by atoms with Gasteiger partial charge in [-0.05, 0) is 37.8 Å². The van der Waals surface area contributed by atoms with E-state index in [4.69, 9.17) is 0 Å². The van der Waals surface area contributed by atoms with E-state index < -0.39 is 0 Å². The van der Waals surface area contributed by atoms with Gasteiger partial charge < -0.3 is 10.2 Å². The molecule has 0 saturated carbocycles. The molecule has 1 N–H and O–H groups in total. The van der Waals surface area contributed by atoms with Crippen LogP contribution in [0.4, 0.5) is 10.1 Å². The van der Waals surface area contributed by atoms with Crippen LogP contribution in [0.1, 0.15) is 25.7 Å².